The van der Waals surface area contributed by atoms with Crippen molar-refractivity contribution in [3.63, 3.8) is 0 Å². The van der Waals surface area contributed by atoms with E-state index in [1.54, 1.807) is 36.5 Å². The Bertz CT molecular complexity index is 715. The van der Waals surface area contributed by atoms with Crippen molar-refractivity contribution >= 4 is 40.6 Å². The summed E-state index contributed by atoms with van der Waals surface area (Å²) in [7, 11) is 0. The monoisotopic (exact) mass is 349 g/mol. The van der Waals surface area contributed by atoms with Gasteiger partial charge in [0, 0.05) is 23.5 Å². The van der Waals surface area contributed by atoms with E-state index in [1.807, 2.05) is 0 Å². The van der Waals surface area contributed by atoms with Crippen LogP contribution in [0.3, 0.4) is 0 Å². The van der Waals surface area contributed by atoms with Crippen LogP contribution in [0.1, 0.15) is 36.0 Å². The molecule has 0 atom stereocenters. The SMILES string of the molecule is O=C(Nc1ccc(Cl)c(Cl)c1)c1ccnc(NC2CCCC2)c1. The lowest BCUT2D eigenvalue weighted by Crippen LogP contribution is -2.17. The van der Waals surface area contributed by atoms with Gasteiger partial charge in [-0.05, 0) is 43.2 Å². The molecule has 0 unspecified atom stereocenters. The van der Waals surface area contributed by atoms with Crippen LogP contribution in [0, 0.1) is 0 Å². The number of carbonyl (C=O) groups excluding carboxylic acids is 1. The molecule has 1 heterocycles. The Kier molecular flexibility index (Phi) is 5.03. The minimum atomic E-state index is -0.208. The van der Waals surface area contributed by atoms with Crippen LogP contribution in [0.4, 0.5) is 11.5 Å². The second kappa shape index (κ2) is 7.20. The third kappa shape index (κ3) is 4.15. The Labute approximate surface area is 145 Å². The van der Waals surface area contributed by atoms with Crippen molar-refractivity contribution in [3.8, 4) is 0 Å². The van der Waals surface area contributed by atoms with Gasteiger partial charge in [-0.3, -0.25) is 4.79 Å². The number of benzene rings is 1. The molecule has 1 fully saturated rings. The van der Waals surface area contributed by atoms with Gasteiger partial charge < -0.3 is 10.6 Å². The van der Waals surface area contributed by atoms with Crippen LogP contribution in [0.15, 0.2) is 36.5 Å². The Hall–Kier alpha value is -1.78. The van der Waals surface area contributed by atoms with Gasteiger partial charge in [0.15, 0.2) is 0 Å². The summed E-state index contributed by atoms with van der Waals surface area (Å²) in [5.74, 6) is 0.527. The summed E-state index contributed by atoms with van der Waals surface area (Å²) in [5, 5.41) is 7.06. The molecular formula is C17H17Cl2N3O. The molecule has 1 amide bonds. The molecule has 2 aromatic rings. The fourth-order valence-corrected chi connectivity index (χ4v) is 3.01. The summed E-state index contributed by atoms with van der Waals surface area (Å²) < 4.78 is 0. The first-order valence-corrected chi connectivity index (χ1v) is 8.36. The molecular weight excluding hydrogens is 333 g/mol. The number of carbonyl (C=O) groups is 1. The number of hydrogen-bond donors (Lipinski definition) is 2. The Morgan fingerprint density at radius 2 is 1.87 bits per heavy atom. The lowest BCUT2D eigenvalue weighted by molar-refractivity contribution is 0.102. The van der Waals surface area contributed by atoms with Crippen molar-refractivity contribution in [1.82, 2.24) is 4.98 Å². The van der Waals surface area contributed by atoms with E-state index >= 15 is 0 Å². The van der Waals surface area contributed by atoms with Gasteiger partial charge in [0.2, 0.25) is 0 Å². The zero-order chi connectivity index (χ0) is 16.2. The Balaban J connectivity index is 1.70. The van der Waals surface area contributed by atoms with Crippen LogP contribution in [0.5, 0.6) is 0 Å². The number of rotatable bonds is 4. The van der Waals surface area contributed by atoms with Crippen LogP contribution in [0.2, 0.25) is 10.0 Å². The van der Waals surface area contributed by atoms with E-state index in [-0.39, 0.29) is 5.91 Å². The number of aromatic nitrogens is 1. The van der Waals surface area contributed by atoms with Crippen LogP contribution < -0.4 is 10.6 Å². The second-order valence-corrected chi connectivity index (χ2v) is 6.45. The van der Waals surface area contributed by atoms with Gasteiger partial charge in [0.05, 0.1) is 10.0 Å². The number of amides is 1. The average molecular weight is 350 g/mol. The Morgan fingerprint density at radius 1 is 1.09 bits per heavy atom. The molecule has 1 aliphatic rings. The summed E-state index contributed by atoms with van der Waals surface area (Å²) >= 11 is 11.8. The molecule has 1 saturated carbocycles. The molecule has 6 heteroatoms. The number of halogens is 2. The largest absolute Gasteiger partial charge is 0.367 e. The highest BCUT2D eigenvalue weighted by atomic mass is 35.5. The molecule has 0 aliphatic heterocycles. The summed E-state index contributed by atoms with van der Waals surface area (Å²) in [6.45, 7) is 0. The highest BCUT2D eigenvalue weighted by molar-refractivity contribution is 6.42. The van der Waals surface area contributed by atoms with Crippen LogP contribution in [-0.4, -0.2) is 16.9 Å². The topological polar surface area (TPSA) is 54.0 Å². The van der Waals surface area contributed by atoms with E-state index in [1.165, 1.54) is 12.8 Å². The molecule has 0 radical (unpaired) electrons. The molecule has 4 nitrogen and oxygen atoms in total. The highest BCUT2D eigenvalue weighted by Gasteiger charge is 2.16. The lowest BCUT2D eigenvalue weighted by Gasteiger charge is -2.13. The van der Waals surface area contributed by atoms with Gasteiger partial charge in [-0.2, -0.15) is 0 Å². The first-order valence-electron chi connectivity index (χ1n) is 7.61. The fourth-order valence-electron chi connectivity index (χ4n) is 2.71. The smallest absolute Gasteiger partial charge is 0.255 e. The number of nitrogens with one attached hydrogen (secondary N) is 2. The van der Waals surface area contributed by atoms with Gasteiger partial charge in [-0.15, -0.1) is 0 Å². The zero-order valence-electron chi connectivity index (χ0n) is 12.5. The van der Waals surface area contributed by atoms with Crippen LogP contribution in [0.25, 0.3) is 0 Å². The molecule has 120 valence electrons. The molecule has 0 saturated heterocycles. The van der Waals surface area contributed by atoms with Crippen LogP contribution >= 0.6 is 23.2 Å². The van der Waals surface area contributed by atoms with Gasteiger partial charge in [-0.1, -0.05) is 36.0 Å². The molecule has 2 N–H and O–H groups in total. The van der Waals surface area contributed by atoms with Gasteiger partial charge in [-0.25, -0.2) is 4.98 Å². The standard InChI is InChI=1S/C17H17Cl2N3O/c18-14-6-5-13(10-15(14)19)22-17(23)11-7-8-20-16(9-11)21-12-3-1-2-4-12/h5-10,12H,1-4H2,(H,20,21)(H,22,23). The summed E-state index contributed by atoms with van der Waals surface area (Å²) in [4.78, 5) is 16.6. The zero-order valence-corrected chi connectivity index (χ0v) is 14.0. The van der Waals surface area contributed by atoms with E-state index < -0.39 is 0 Å². The third-order valence-corrected chi connectivity index (χ3v) is 4.65. The van der Waals surface area contributed by atoms with Gasteiger partial charge in [0.25, 0.3) is 5.91 Å². The van der Waals surface area contributed by atoms with Crippen molar-refractivity contribution < 1.29 is 4.79 Å². The normalized spacial score (nSPS) is 14.7. The van der Waals surface area contributed by atoms with Gasteiger partial charge >= 0.3 is 0 Å². The van der Waals surface area contributed by atoms with E-state index in [4.69, 9.17) is 23.2 Å². The maximum atomic E-state index is 12.4. The first kappa shape index (κ1) is 16.1. The maximum Gasteiger partial charge on any atom is 0.255 e. The third-order valence-electron chi connectivity index (χ3n) is 3.91. The average Bonchev–Trinajstić information content (AvgIpc) is 3.04. The molecule has 0 spiro atoms. The minimum absolute atomic E-state index is 0.208. The predicted octanol–water partition coefficient (Wildman–Crippen LogP) is 5.00. The maximum absolute atomic E-state index is 12.4. The molecule has 1 aromatic carbocycles. The quantitative estimate of drug-likeness (QED) is 0.816. The number of nitrogens with zero attached hydrogens (tertiary/aromatic N) is 1. The lowest BCUT2D eigenvalue weighted by atomic mass is 10.2. The minimum Gasteiger partial charge on any atom is -0.367 e. The van der Waals surface area contributed by atoms with Gasteiger partial charge in [0.1, 0.15) is 5.82 Å². The van der Waals surface area contributed by atoms with Crippen molar-refractivity contribution in [2.45, 2.75) is 31.7 Å². The molecule has 1 aliphatic carbocycles. The highest BCUT2D eigenvalue weighted by Crippen LogP contribution is 2.25. The van der Waals surface area contributed by atoms with Crippen molar-refractivity contribution in [3.05, 3.63) is 52.1 Å². The number of pyridine rings is 1. The predicted molar refractivity (Wildman–Crippen MR) is 94.5 cm³/mol. The molecule has 23 heavy (non-hydrogen) atoms. The summed E-state index contributed by atoms with van der Waals surface area (Å²) in [5.41, 5.74) is 1.15. The summed E-state index contributed by atoms with van der Waals surface area (Å²) in [6.07, 6.45) is 6.44. The van der Waals surface area contributed by atoms with E-state index in [9.17, 15) is 4.79 Å². The Morgan fingerprint density at radius 3 is 2.61 bits per heavy atom. The fraction of sp³-hybridized carbons (Fsp3) is 0.294. The second-order valence-electron chi connectivity index (χ2n) is 5.64. The molecule has 0 bridgehead atoms. The van der Waals surface area contributed by atoms with Crippen molar-refractivity contribution in [2.24, 2.45) is 0 Å². The van der Waals surface area contributed by atoms with Crippen molar-refractivity contribution in [1.29, 1.82) is 0 Å². The summed E-state index contributed by atoms with van der Waals surface area (Å²) in [6, 6.07) is 8.90. The van der Waals surface area contributed by atoms with E-state index in [0.717, 1.165) is 18.7 Å². The molecule has 3 rings (SSSR count). The number of hydrogen-bond acceptors (Lipinski definition) is 3. The van der Waals surface area contributed by atoms with E-state index in [0.29, 0.717) is 27.3 Å². The molecule has 1 aromatic heterocycles. The van der Waals surface area contributed by atoms with E-state index in [2.05, 4.69) is 15.6 Å². The number of anilines is 2. The van der Waals surface area contributed by atoms with Crippen molar-refractivity contribution in [2.75, 3.05) is 10.6 Å². The first-order chi connectivity index (χ1) is 11.1. The van der Waals surface area contributed by atoms with Crippen LogP contribution in [-0.2, 0) is 0 Å².